The van der Waals surface area contributed by atoms with Crippen LogP contribution in [0.3, 0.4) is 0 Å². The zero-order valence-corrected chi connectivity index (χ0v) is 12.1. The van der Waals surface area contributed by atoms with Crippen LogP contribution in [0, 0.1) is 17.2 Å². The van der Waals surface area contributed by atoms with Crippen LogP contribution < -0.4 is 10.6 Å². The summed E-state index contributed by atoms with van der Waals surface area (Å²) < 4.78 is 0. The number of rotatable bonds is 7. The van der Waals surface area contributed by atoms with Crippen molar-refractivity contribution in [2.75, 3.05) is 39.3 Å². The molecule has 1 aliphatic heterocycles. The molecule has 4 heteroatoms. The molecule has 0 aromatic heterocycles. The largest absolute Gasteiger partial charge is 0.316 e. The van der Waals surface area contributed by atoms with Crippen LogP contribution in [-0.2, 0) is 0 Å². The second kappa shape index (κ2) is 7.73. The van der Waals surface area contributed by atoms with E-state index in [9.17, 15) is 5.26 Å². The Morgan fingerprint density at radius 1 is 1.39 bits per heavy atom. The predicted molar refractivity (Wildman–Crippen MR) is 75.4 cm³/mol. The fourth-order valence-electron chi connectivity index (χ4n) is 2.83. The van der Waals surface area contributed by atoms with E-state index in [0.717, 1.165) is 52.1 Å². The highest BCUT2D eigenvalue weighted by atomic mass is 15.1. The molecule has 2 atom stereocenters. The Hall–Kier alpha value is -0.630. The van der Waals surface area contributed by atoms with Gasteiger partial charge in [-0.2, -0.15) is 5.26 Å². The summed E-state index contributed by atoms with van der Waals surface area (Å²) in [6.07, 6.45) is 1.97. The highest BCUT2D eigenvalue weighted by molar-refractivity contribution is 5.13. The zero-order chi connectivity index (χ0) is 13.4. The first-order chi connectivity index (χ1) is 8.72. The van der Waals surface area contributed by atoms with E-state index < -0.39 is 0 Å². The van der Waals surface area contributed by atoms with Crippen molar-refractivity contribution < 1.29 is 0 Å². The number of hydrogen-bond acceptors (Lipinski definition) is 4. The Bertz CT molecular complexity index is 269. The molecule has 18 heavy (non-hydrogen) atoms. The summed E-state index contributed by atoms with van der Waals surface area (Å²) >= 11 is 0. The maximum Gasteiger partial charge on any atom is 0.112 e. The van der Waals surface area contributed by atoms with Crippen molar-refractivity contribution >= 4 is 0 Å². The molecule has 2 N–H and O–H groups in total. The second-order valence-electron chi connectivity index (χ2n) is 5.10. The first-order valence-electron chi connectivity index (χ1n) is 7.31. The van der Waals surface area contributed by atoms with Crippen LogP contribution in [0.15, 0.2) is 0 Å². The monoisotopic (exact) mass is 252 g/mol. The summed E-state index contributed by atoms with van der Waals surface area (Å²) in [6, 6.07) is 2.56. The first kappa shape index (κ1) is 15.4. The minimum absolute atomic E-state index is 0.312. The third kappa shape index (κ3) is 3.68. The SMILES string of the molecule is CCC1CNCCC1(C#N)NCCN(CC)CC. The molecular formula is C14H28N4. The summed E-state index contributed by atoms with van der Waals surface area (Å²) in [6.45, 7) is 12.5. The van der Waals surface area contributed by atoms with Crippen molar-refractivity contribution in [3.8, 4) is 6.07 Å². The van der Waals surface area contributed by atoms with Crippen LogP contribution in [0.25, 0.3) is 0 Å². The molecule has 0 amide bonds. The summed E-state index contributed by atoms with van der Waals surface area (Å²) in [5.74, 6) is 0.424. The Morgan fingerprint density at radius 2 is 2.11 bits per heavy atom. The van der Waals surface area contributed by atoms with Crippen LogP contribution in [0.1, 0.15) is 33.6 Å². The van der Waals surface area contributed by atoms with Crippen molar-refractivity contribution in [1.29, 1.82) is 5.26 Å². The fraction of sp³-hybridized carbons (Fsp3) is 0.929. The summed E-state index contributed by atoms with van der Waals surface area (Å²) in [4.78, 5) is 2.39. The van der Waals surface area contributed by atoms with E-state index >= 15 is 0 Å². The van der Waals surface area contributed by atoms with Gasteiger partial charge in [-0.1, -0.05) is 20.8 Å². The number of nitriles is 1. The molecule has 0 aliphatic carbocycles. The highest BCUT2D eigenvalue weighted by Crippen LogP contribution is 2.26. The van der Waals surface area contributed by atoms with Crippen LogP contribution in [0.5, 0.6) is 0 Å². The van der Waals surface area contributed by atoms with Crippen molar-refractivity contribution in [3.05, 3.63) is 0 Å². The van der Waals surface area contributed by atoms with Crippen LogP contribution in [0.4, 0.5) is 0 Å². The number of nitrogens with one attached hydrogen (secondary N) is 2. The maximum atomic E-state index is 9.57. The molecule has 1 fully saturated rings. The second-order valence-corrected chi connectivity index (χ2v) is 5.10. The molecule has 0 radical (unpaired) electrons. The average molecular weight is 252 g/mol. The quantitative estimate of drug-likeness (QED) is 0.715. The molecule has 104 valence electrons. The van der Waals surface area contributed by atoms with Crippen molar-refractivity contribution in [1.82, 2.24) is 15.5 Å². The van der Waals surface area contributed by atoms with E-state index in [1.165, 1.54) is 0 Å². The molecule has 1 saturated heterocycles. The lowest BCUT2D eigenvalue weighted by molar-refractivity contribution is 0.194. The molecule has 0 spiro atoms. The summed E-state index contributed by atoms with van der Waals surface area (Å²) in [7, 11) is 0. The van der Waals surface area contributed by atoms with E-state index in [1.54, 1.807) is 0 Å². The summed E-state index contributed by atoms with van der Waals surface area (Å²) in [5.41, 5.74) is -0.312. The number of hydrogen-bond donors (Lipinski definition) is 2. The predicted octanol–water partition coefficient (Wildman–Crippen LogP) is 1.20. The molecule has 0 saturated carbocycles. The first-order valence-corrected chi connectivity index (χ1v) is 7.31. The molecule has 4 nitrogen and oxygen atoms in total. The molecule has 2 unspecified atom stereocenters. The van der Waals surface area contributed by atoms with Crippen LogP contribution in [0.2, 0.25) is 0 Å². The van der Waals surface area contributed by atoms with Gasteiger partial charge in [0.05, 0.1) is 6.07 Å². The van der Waals surface area contributed by atoms with Gasteiger partial charge in [-0.05, 0) is 32.5 Å². The van der Waals surface area contributed by atoms with Gasteiger partial charge in [0.1, 0.15) is 5.54 Å². The minimum Gasteiger partial charge on any atom is -0.316 e. The van der Waals surface area contributed by atoms with E-state index in [0.29, 0.717) is 5.92 Å². The van der Waals surface area contributed by atoms with Gasteiger partial charge in [0, 0.05) is 25.6 Å². The molecule has 1 heterocycles. The van der Waals surface area contributed by atoms with Crippen molar-refractivity contribution in [3.63, 3.8) is 0 Å². The zero-order valence-electron chi connectivity index (χ0n) is 12.1. The van der Waals surface area contributed by atoms with Crippen molar-refractivity contribution in [2.45, 2.75) is 39.2 Å². The summed E-state index contributed by atoms with van der Waals surface area (Å²) in [5, 5.41) is 16.5. The van der Waals surface area contributed by atoms with Gasteiger partial charge < -0.3 is 10.2 Å². The van der Waals surface area contributed by atoms with Gasteiger partial charge in [0.25, 0.3) is 0 Å². The van der Waals surface area contributed by atoms with E-state index in [1.807, 2.05) is 0 Å². The smallest absolute Gasteiger partial charge is 0.112 e. The normalized spacial score (nSPS) is 28.3. The van der Waals surface area contributed by atoms with Gasteiger partial charge in [-0.25, -0.2) is 0 Å². The van der Waals surface area contributed by atoms with E-state index in [4.69, 9.17) is 0 Å². The Balaban J connectivity index is 2.51. The molecule has 0 aromatic carbocycles. The third-order valence-corrected chi connectivity index (χ3v) is 4.24. The molecule has 1 rings (SSSR count). The maximum absolute atomic E-state index is 9.57. The molecule has 0 aromatic rings. The van der Waals surface area contributed by atoms with E-state index in [2.05, 4.69) is 42.4 Å². The van der Waals surface area contributed by atoms with E-state index in [-0.39, 0.29) is 5.54 Å². The van der Waals surface area contributed by atoms with Gasteiger partial charge >= 0.3 is 0 Å². The Morgan fingerprint density at radius 3 is 2.67 bits per heavy atom. The number of nitrogens with zero attached hydrogens (tertiary/aromatic N) is 2. The Kier molecular flexibility index (Phi) is 6.62. The van der Waals surface area contributed by atoms with Gasteiger partial charge in [0.2, 0.25) is 0 Å². The lowest BCUT2D eigenvalue weighted by atomic mass is 9.78. The van der Waals surface area contributed by atoms with Crippen LogP contribution >= 0.6 is 0 Å². The lowest BCUT2D eigenvalue weighted by Crippen LogP contribution is -2.59. The van der Waals surface area contributed by atoms with Gasteiger partial charge in [-0.3, -0.25) is 5.32 Å². The third-order valence-electron chi connectivity index (χ3n) is 4.24. The standard InChI is InChI=1S/C14H28N4/c1-4-13-11-16-8-7-14(13,12-15)17-9-10-18(5-2)6-3/h13,16-17H,4-11H2,1-3H3. The van der Waals surface area contributed by atoms with Crippen molar-refractivity contribution in [2.24, 2.45) is 5.92 Å². The molecule has 0 bridgehead atoms. The number of piperidine rings is 1. The minimum atomic E-state index is -0.312. The molecule has 1 aliphatic rings. The Labute approximate surface area is 112 Å². The average Bonchev–Trinajstić information content (AvgIpc) is 2.44. The number of likely N-dealkylation sites (N-methyl/N-ethyl adjacent to an activating group) is 1. The highest BCUT2D eigenvalue weighted by Gasteiger charge is 2.39. The molecular weight excluding hydrogens is 224 g/mol. The van der Waals surface area contributed by atoms with Gasteiger partial charge in [0.15, 0.2) is 0 Å². The topological polar surface area (TPSA) is 51.1 Å². The van der Waals surface area contributed by atoms with Gasteiger partial charge in [-0.15, -0.1) is 0 Å². The fourth-order valence-corrected chi connectivity index (χ4v) is 2.83. The van der Waals surface area contributed by atoms with Crippen LogP contribution in [-0.4, -0.2) is 49.7 Å². The lowest BCUT2D eigenvalue weighted by Gasteiger charge is -2.40.